The molecule has 0 atom stereocenters. The quantitative estimate of drug-likeness (QED) is 0.180. The van der Waals surface area contributed by atoms with Crippen LogP contribution in [0.4, 0.5) is 0 Å². The van der Waals surface area contributed by atoms with Gasteiger partial charge in [-0.25, -0.2) is 13.1 Å². The highest BCUT2D eigenvalue weighted by molar-refractivity contribution is 14.0. The summed E-state index contributed by atoms with van der Waals surface area (Å²) in [6.45, 7) is 14.4. The Labute approximate surface area is 165 Å². The Hall–Kier alpha value is -0.130. The molecule has 0 bridgehead atoms. The molecule has 7 nitrogen and oxygen atoms in total. The lowest BCUT2D eigenvalue weighted by Gasteiger charge is -2.30. The summed E-state index contributed by atoms with van der Waals surface area (Å²) in [7, 11) is -3.11. The second-order valence-electron chi connectivity index (χ2n) is 6.13. The van der Waals surface area contributed by atoms with Gasteiger partial charge in [0.15, 0.2) is 5.96 Å². The third-order valence-electron chi connectivity index (χ3n) is 3.30. The molecule has 0 heterocycles. The van der Waals surface area contributed by atoms with E-state index in [4.69, 9.17) is 0 Å². The fourth-order valence-corrected chi connectivity index (χ4v) is 2.80. The number of hydrogen-bond donors (Lipinski definition) is 3. The Balaban J connectivity index is 0. The molecule has 0 aromatic carbocycles. The Kier molecular flexibility index (Phi) is 15.3. The highest BCUT2D eigenvalue weighted by Crippen LogP contribution is 2.03. The van der Waals surface area contributed by atoms with Gasteiger partial charge in [0, 0.05) is 44.8 Å². The van der Waals surface area contributed by atoms with Crippen molar-refractivity contribution in [1.82, 2.24) is 20.3 Å². The highest BCUT2D eigenvalue weighted by Gasteiger charge is 2.12. The fourth-order valence-electron chi connectivity index (χ4n) is 2.29. The lowest BCUT2D eigenvalue weighted by atomic mass is 10.2. The summed E-state index contributed by atoms with van der Waals surface area (Å²) >= 11 is 0. The lowest BCUT2D eigenvalue weighted by molar-refractivity contribution is 0.178. The number of rotatable bonds is 11. The van der Waals surface area contributed by atoms with Crippen molar-refractivity contribution in [2.45, 2.75) is 53.1 Å². The first-order chi connectivity index (χ1) is 10.7. The van der Waals surface area contributed by atoms with Crippen molar-refractivity contribution in [3.8, 4) is 0 Å². The average Bonchev–Trinajstić information content (AvgIpc) is 2.40. The molecule has 0 rings (SSSR count). The third-order valence-corrected chi connectivity index (χ3v) is 4.03. The van der Waals surface area contributed by atoms with Gasteiger partial charge in [-0.05, 0) is 41.0 Å². The summed E-state index contributed by atoms with van der Waals surface area (Å²) in [5, 5.41) is 6.53. The van der Waals surface area contributed by atoms with Crippen molar-refractivity contribution in [2.24, 2.45) is 4.99 Å². The normalized spacial score (nSPS) is 12.6. The number of hydrogen-bond acceptors (Lipinski definition) is 4. The zero-order chi connectivity index (χ0) is 17.9. The first-order valence-electron chi connectivity index (χ1n) is 8.40. The van der Waals surface area contributed by atoms with E-state index in [1.165, 1.54) is 0 Å². The highest BCUT2D eigenvalue weighted by atomic mass is 127. The van der Waals surface area contributed by atoms with E-state index >= 15 is 0 Å². The van der Waals surface area contributed by atoms with Gasteiger partial charge in [0.2, 0.25) is 10.0 Å². The molecule has 0 aromatic heterocycles. The van der Waals surface area contributed by atoms with E-state index in [1.807, 2.05) is 6.92 Å². The van der Waals surface area contributed by atoms with Gasteiger partial charge in [-0.1, -0.05) is 0 Å². The SMILES string of the molecule is CCNC(=NCCCNS(C)(=O)=O)NCCN(C(C)C)C(C)C.I. The van der Waals surface area contributed by atoms with Crippen LogP contribution in [0.15, 0.2) is 4.99 Å². The van der Waals surface area contributed by atoms with Crippen LogP contribution in [0.2, 0.25) is 0 Å². The van der Waals surface area contributed by atoms with Crippen molar-refractivity contribution < 1.29 is 8.42 Å². The largest absolute Gasteiger partial charge is 0.357 e. The molecule has 0 spiro atoms. The van der Waals surface area contributed by atoms with Crippen LogP contribution >= 0.6 is 24.0 Å². The van der Waals surface area contributed by atoms with Crippen molar-refractivity contribution in [1.29, 1.82) is 0 Å². The third kappa shape index (κ3) is 14.2. The molecule has 3 N–H and O–H groups in total. The maximum absolute atomic E-state index is 11.0. The zero-order valence-electron chi connectivity index (χ0n) is 15.9. The number of sulfonamides is 1. The summed E-state index contributed by atoms with van der Waals surface area (Å²) < 4.78 is 24.4. The molecule has 0 aliphatic rings. The molecular weight excluding hydrogens is 441 g/mol. The zero-order valence-corrected chi connectivity index (χ0v) is 19.1. The van der Waals surface area contributed by atoms with Crippen LogP contribution in [0.3, 0.4) is 0 Å². The predicted molar refractivity (Wildman–Crippen MR) is 114 cm³/mol. The van der Waals surface area contributed by atoms with E-state index in [-0.39, 0.29) is 24.0 Å². The first kappa shape index (κ1) is 26.1. The van der Waals surface area contributed by atoms with Gasteiger partial charge in [-0.2, -0.15) is 0 Å². The molecule has 0 unspecified atom stereocenters. The number of aliphatic imine (C=N–C) groups is 1. The minimum atomic E-state index is -3.11. The fraction of sp³-hybridized carbons (Fsp3) is 0.933. The molecule has 0 fully saturated rings. The van der Waals surface area contributed by atoms with E-state index in [9.17, 15) is 8.42 Å². The van der Waals surface area contributed by atoms with Gasteiger partial charge in [0.1, 0.15) is 0 Å². The van der Waals surface area contributed by atoms with Crippen molar-refractivity contribution in [3.63, 3.8) is 0 Å². The molecule has 0 aliphatic carbocycles. The van der Waals surface area contributed by atoms with Crippen LogP contribution in [0.1, 0.15) is 41.0 Å². The smallest absolute Gasteiger partial charge is 0.208 e. The maximum atomic E-state index is 11.0. The minimum Gasteiger partial charge on any atom is -0.357 e. The van der Waals surface area contributed by atoms with E-state index in [2.05, 4.69) is 52.9 Å². The topological polar surface area (TPSA) is 85.8 Å². The number of nitrogens with one attached hydrogen (secondary N) is 3. The van der Waals surface area contributed by atoms with Gasteiger partial charge in [0.05, 0.1) is 6.26 Å². The second-order valence-corrected chi connectivity index (χ2v) is 7.97. The van der Waals surface area contributed by atoms with E-state index < -0.39 is 10.0 Å². The molecular formula is C15H36IN5O2S. The number of halogens is 1. The minimum absolute atomic E-state index is 0. The van der Waals surface area contributed by atoms with Crippen LogP contribution in [-0.2, 0) is 10.0 Å². The molecule has 0 saturated heterocycles. The molecule has 9 heteroatoms. The number of nitrogens with zero attached hydrogens (tertiary/aromatic N) is 2. The summed E-state index contributed by atoms with van der Waals surface area (Å²) in [4.78, 5) is 6.88. The molecule has 0 aromatic rings. The van der Waals surface area contributed by atoms with Crippen LogP contribution in [0, 0.1) is 0 Å². The summed E-state index contributed by atoms with van der Waals surface area (Å²) in [5.41, 5.74) is 0. The van der Waals surface area contributed by atoms with Crippen LogP contribution in [0.5, 0.6) is 0 Å². The maximum Gasteiger partial charge on any atom is 0.208 e. The molecule has 0 aliphatic heterocycles. The number of guanidine groups is 1. The average molecular weight is 477 g/mol. The summed E-state index contributed by atoms with van der Waals surface area (Å²) in [5.74, 6) is 0.777. The van der Waals surface area contributed by atoms with Crippen molar-refractivity contribution >= 4 is 40.0 Å². The van der Waals surface area contributed by atoms with Gasteiger partial charge in [0.25, 0.3) is 0 Å². The molecule has 0 amide bonds. The Morgan fingerprint density at radius 2 is 1.67 bits per heavy atom. The van der Waals surface area contributed by atoms with Gasteiger partial charge < -0.3 is 10.6 Å². The lowest BCUT2D eigenvalue weighted by Crippen LogP contribution is -2.45. The molecule has 0 saturated carbocycles. The predicted octanol–water partition coefficient (Wildman–Crippen LogP) is 1.22. The van der Waals surface area contributed by atoms with Crippen LogP contribution < -0.4 is 15.4 Å². The van der Waals surface area contributed by atoms with Gasteiger partial charge in [-0.15, -0.1) is 24.0 Å². The summed E-state index contributed by atoms with van der Waals surface area (Å²) in [6, 6.07) is 1.02. The van der Waals surface area contributed by atoms with Crippen molar-refractivity contribution in [3.05, 3.63) is 0 Å². The molecule has 24 heavy (non-hydrogen) atoms. The van der Waals surface area contributed by atoms with E-state index in [1.54, 1.807) is 0 Å². The first-order valence-corrected chi connectivity index (χ1v) is 10.3. The van der Waals surface area contributed by atoms with Crippen LogP contribution in [0.25, 0.3) is 0 Å². The molecule has 0 radical (unpaired) electrons. The molecule has 146 valence electrons. The monoisotopic (exact) mass is 477 g/mol. The Bertz CT molecular complexity index is 433. The Morgan fingerprint density at radius 1 is 1.08 bits per heavy atom. The summed E-state index contributed by atoms with van der Waals surface area (Å²) in [6.07, 6.45) is 1.84. The van der Waals surface area contributed by atoms with E-state index in [0.717, 1.165) is 31.8 Å². The van der Waals surface area contributed by atoms with E-state index in [0.29, 0.717) is 31.6 Å². The van der Waals surface area contributed by atoms with Crippen LogP contribution in [-0.4, -0.2) is 70.3 Å². The van der Waals surface area contributed by atoms with Gasteiger partial charge >= 0.3 is 0 Å². The van der Waals surface area contributed by atoms with Gasteiger partial charge in [-0.3, -0.25) is 9.89 Å². The van der Waals surface area contributed by atoms with Crippen molar-refractivity contribution in [2.75, 3.05) is 39.0 Å². The standard InChI is InChI=1S/C15H35N5O2S.HI/c1-7-16-15(17-9-8-10-19-23(6,21)22)18-11-12-20(13(2)3)14(4)5;/h13-14,19H,7-12H2,1-6H3,(H2,16,17,18);1H. The second kappa shape index (κ2) is 14.1. The Morgan fingerprint density at radius 3 is 2.12 bits per heavy atom.